The second kappa shape index (κ2) is 8.72. The van der Waals surface area contributed by atoms with E-state index in [4.69, 9.17) is 16.6 Å². The fourth-order valence-electron chi connectivity index (χ4n) is 2.34. The topological polar surface area (TPSA) is 175 Å². The van der Waals surface area contributed by atoms with Gasteiger partial charge in [-0.05, 0) is 36.5 Å². The Morgan fingerprint density at radius 1 is 1.06 bits per heavy atom. The van der Waals surface area contributed by atoms with Gasteiger partial charge >= 0.3 is 11.6 Å². The summed E-state index contributed by atoms with van der Waals surface area (Å²) in [6.07, 6.45) is 4.21. The van der Waals surface area contributed by atoms with E-state index >= 15 is 0 Å². The van der Waals surface area contributed by atoms with Gasteiger partial charge in [0.05, 0.1) is 26.9 Å². The highest BCUT2D eigenvalue weighted by Crippen LogP contribution is 2.34. The van der Waals surface area contributed by atoms with E-state index in [1.54, 1.807) is 0 Å². The molecule has 1 N–H and O–H groups in total. The molecule has 1 fully saturated rings. The molecule has 2 aromatic rings. The molecule has 3 rings (SSSR count). The summed E-state index contributed by atoms with van der Waals surface area (Å²) < 4.78 is 5.00. The van der Waals surface area contributed by atoms with Crippen LogP contribution >= 0.6 is 24.0 Å². The number of benzene rings is 1. The number of carbonyl (C=O) groups excluding carboxylic acids is 1. The molecule has 0 aliphatic carbocycles. The van der Waals surface area contributed by atoms with Crippen LogP contribution in [0.25, 0.3) is 6.08 Å². The van der Waals surface area contributed by atoms with Gasteiger partial charge in [-0.2, -0.15) is 0 Å². The summed E-state index contributed by atoms with van der Waals surface area (Å²) in [7, 11) is 0. The molecule has 15 heteroatoms. The van der Waals surface area contributed by atoms with Crippen LogP contribution in [-0.4, -0.2) is 30.0 Å². The van der Waals surface area contributed by atoms with Crippen LogP contribution in [0.3, 0.4) is 0 Å². The van der Waals surface area contributed by atoms with Crippen LogP contribution in [0, 0.1) is 30.3 Å². The molecule has 0 saturated carbocycles. The number of hydrogen-bond donors (Lipinski definition) is 1. The Morgan fingerprint density at radius 3 is 2.42 bits per heavy atom. The van der Waals surface area contributed by atoms with Crippen molar-refractivity contribution >= 4 is 63.2 Å². The van der Waals surface area contributed by atoms with Gasteiger partial charge in [-0.15, -0.1) is 0 Å². The van der Waals surface area contributed by atoms with Crippen LogP contribution in [0.4, 0.5) is 22.9 Å². The number of nitrogens with one attached hydrogen (secondary N) is 1. The molecule has 13 nitrogen and oxygen atoms in total. The second-order valence-corrected chi connectivity index (χ2v) is 7.33. The number of non-ortho nitro benzene ring substituents is 1. The Labute approximate surface area is 181 Å². The van der Waals surface area contributed by atoms with E-state index < -0.39 is 37.9 Å². The SMILES string of the molecule is O=C1/C(=C\C=C\c2ccc([N+](=O)[O-])o2)SC(=S)N1Nc1ccc([N+](=O)[O-])cc1[N+](=O)[O-]. The first-order chi connectivity index (χ1) is 14.7. The zero-order valence-electron chi connectivity index (χ0n) is 15.0. The number of anilines is 1. The molecular formula is C16H9N5O8S2. The molecular weight excluding hydrogens is 454 g/mol. The van der Waals surface area contributed by atoms with Gasteiger partial charge in [0.2, 0.25) is 0 Å². The van der Waals surface area contributed by atoms with Crippen molar-refractivity contribution in [3.8, 4) is 0 Å². The van der Waals surface area contributed by atoms with Gasteiger partial charge in [0.15, 0.2) is 4.32 Å². The minimum atomic E-state index is -0.825. The van der Waals surface area contributed by atoms with E-state index in [2.05, 4.69) is 5.43 Å². The predicted molar refractivity (Wildman–Crippen MR) is 113 cm³/mol. The normalized spacial score (nSPS) is 15.1. The molecule has 158 valence electrons. The maximum atomic E-state index is 12.6. The Bertz CT molecular complexity index is 1190. The van der Waals surface area contributed by atoms with Crippen LogP contribution in [-0.2, 0) is 4.79 Å². The van der Waals surface area contributed by atoms with Gasteiger partial charge in [0, 0.05) is 6.07 Å². The minimum absolute atomic E-state index is 0.0472. The number of thioether (sulfide) groups is 1. The number of hydrazine groups is 1. The van der Waals surface area contributed by atoms with Crippen LogP contribution in [0.5, 0.6) is 0 Å². The molecule has 1 saturated heterocycles. The molecule has 0 atom stereocenters. The molecule has 1 aliphatic rings. The minimum Gasteiger partial charge on any atom is -0.401 e. The maximum absolute atomic E-state index is 12.6. The smallest absolute Gasteiger partial charge is 0.401 e. The number of nitro benzene ring substituents is 2. The molecule has 1 aromatic carbocycles. The standard InChI is InChI=1S/C16H9N5O8S2/c22-15-13(3-1-2-10-5-7-14(29-10)21(27)28)31-16(30)18(15)17-11-6-4-9(19(23)24)8-12(11)20(25)26/h1-8,17H/b2-1+,13-3+. The highest BCUT2D eigenvalue weighted by Gasteiger charge is 2.34. The lowest BCUT2D eigenvalue weighted by Crippen LogP contribution is -2.34. The Hall–Kier alpha value is -4.11. The summed E-state index contributed by atoms with van der Waals surface area (Å²) in [5.41, 5.74) is 1.26. The van der Waals surface area contributed by atoms with E-state index in [0.717, 1.165) is 35.0 Å². The number of hydrogen-bond acceptors (Lipinski definition) is 11. The first-order valence-electron chi connectivity index (χ1n) is 8.05. The second-order valence-electron chi connectivity index (χ2n) is 5.66. The van der Waals surface area contributed by atoms with E-state index in [9.17, 15) is 35.1 Å². The van der Waals surface area contributed by atoms with Crippen molar-refractivity contribution in [2.45, 2.75) is 0 Å². The van der Waals surface area contributed by atoms with E-state index in [1.807, 2.05) is 0 Å². The quantitative estimate of drug-likeness (QED) is 0.273. The summed E-state index contributed by atoms with van der Waals surface area (Å²) >= 11 is 6.02. The summed E-state index contributed by atoms with van der Waals surface area (Å²) in [5, 5.41) is 33.6. The zero-order chi connectivity index (χ0) is 22.7. The predicted octanol–water partition coefficient (Wildman–Crippen LogP) is 3.79. The number of allylic oxidation sites excluding steroid dienone is 2. The third kappa shape index (κ3) is 4.73. The van der Waals surface area contributed by atoms with Gasteiger partial charge in [0.25, 0.3) is 11.6 Å². The van der Waals surface area contributed by atoms with Gasteiger partial charge in [-0.1, -0.05) is 17.8 Å². The number of nitro groups is 3. The molecule has 0 bridgehead atoms. The Morgan fingerprint density at radius 2 is 1.81 bits per heavy atom. The van der Waals surface area contributed by atoms with E-state index in [0.29, 0.717) is 0 Å². The lowest BCUT2D eigenvalue weighted by molar-refractivity contribution is -0.402. The Balaban J connectivity index is 1.78. The number of nitrogens with zero attached hydrogens (tertiary/aromatic N) is 4. The molecule has 0 radical (unpaired) electrons. The van der Waals surface area contributed by atoms with Gasteiger partial charge in [-0.3, -0.25) is 40.6 Å². The highest BCUT2D eigenvalue weighted by molar-refractivity contribution is 8.26. The zero-order valence-corrected chi connectivity index (χ0v) is 16.6. The maximum Gasteiger partial charge on any atom is 0.433 e. The molecule has 31 heavy (non-hydrogen) atoms. The van der Waals surface area contributed by atoms with Crippen LogP contribution in [0.15, 0.2) is 51.8 Å². The fraction of sp³-hybridized carbons (Fsp3) is 0. The van der Waals surface area contributed by atoms with Gasteiger partial charge in [0.1, 0.15) is 16.4 Å². The van der Waals surface area contributed by atoms with Gasteiger partial charge < -0.3 is 4.42 Å². The van der Waals surface area contributed by atoms with Crippen molar-refractivity contribution in [3.63, 3.8) is 0 Å². The van der Waals surface area contributed by atoms with Crippen molar-refractivity contribution in [1.29, 1.82) is 0 Å². The summed E-state index contributed by atoms with van der Waals surface area (Å²) in [6.45, 7) is 0. The molecule has 0 spiro atoms. The van der Waals surface area contributed by atoms with Crippen molar-refractivity contribution in [2.24, 2.45) is 0 Å². The van der Waals surface area contributed by atoms with E-state index in [1.165, 1.54) is 30.4 Å². The number of carbonyl (C=O) groups is 1. The first-order valence-corrected chi connectivity index (χ1v) is 9.28. The van der Waals surface area contributed by atoms with Crippen molar-refractivity contribution in [2.75, 3.05) is 5.43 Å². The van der Waals surface area contributed by atoms with Crippen molar-refractivity contribution < 1.29 is 24.0 Å². The number of amides is 1. The summed E-state index contributed by atoms with van der Waals surface area (Å²) in [4.78, 5) is 43.1. The van der Waals surface area contributed by atoms with Crippen molar-refractivity contribution in [3.05, 3.63) is 83.5 Å². The number of rotatable bonds is 7. The van der Waals surface area contributed by atoms with Crippen LogP contribution in [0.2, 0.25) is 0 Å². The average Bonchev–Trinajstić information content (AvgIpc) is 3.28. The third-order valence-electron chi connectivity index (χ3n) is 3.72. The van der Waals surface area contributed by atoms with Crippen LogP contribution < -0.4 is 5.43 Å². The largest absolute Gasteiger partial charge is 0.433 e. The molecule has 0 unspecified atom stereocenters. The molecule has 1 amide bonds. The molecule has 1 aliphatic heterocycles. The van der Waals surface area contributed by atoms with Gasteiger partial charge in [-0.25, -0.2) is 5.01 Å². The van der Waals surface area contributed by atoms with Crippen molar-refractivity contribution in [1.82, 2.24) is 5.01 Å². The number of thiocarbonyl (C=S) groups is 1. The lowest BCUT2D eigenvalue weighted by atomic mass is 10.2. The first kappa shape index (κ1) is 21.6. The number of furan rings is 1. The third-order valence-corrected chi connectivity index (χ3v) is 5.04. The highest BCUT2D eigenvalue weighted by atomic mass is 32.2. The molecule has 1 aromatic heterocycles. The molecule has 2 heterocycles. The van der Waals surface area contributed by atoms with E-state index in [-0.39, 0.29) is 20.7 Å². The summed E-state index contributed by atoms with van der Waals surface area (Å²) in [5.74, 6) is -0.851. The van der Waals surface area contributed by atoms with Crippen LogP contribution in [0.1, 0.15) is 5.76 Å². The lowest BCUT2D eigenvalue weighted by Gasteiger charge is -2.16. The summed E-state index contributed by atoms with van der Waals surface area (Å²) in [6, 6.07) is 5.47. The monoisotopic (exact) mass is 463 g/mol. The Kier molecular flexibility index (Phi) is 6.07. The fourth-order valence-corrected chi connectivity index (χ4v) is 3.47. The average molecular weight is 463 g/mol.